The third kappa shape index (κ3) is 3.94. The fourth-order valence-corrected chi connectivity index (χ4v) is 3.63. The van der Waals surface area contributed by atoms with E-state index in [1.807, 2.05) is 44.2 Å². The number of anilines is 1. The molecule has 0 saturated carbocycles. The van der Waals surface area contributed by atoms with E-state index >= 15 is 0 Å². The molecule has 1 heterocycles. The highest BCUT2D eigenvalue weighted by atomic mass is 35.5. The maximum absolute atomic E-state index is 12.7. The molecule has 6 heteroatoms. The van der Waals surface area contributed by atoms with Crippen molar-refractivity contribution in [3.63, 3.8) is 0 Å². The van der Waals surface area contributed by atoms with Crippen molar-refractivity contribution in [3.8, 4) is 5.69 Å². The number of benzene rings is 3. The minimum atomic E-state index is -0.251. The van der Waals surface area contributed by atoms with Crippen molar-refractivity contribution >= 4 is 34.2 Å². The Labute approximate surface area is 180 Å². The Kier molecular flexibility index (Phi) is 5.31. The van der Waals surface area contributed by atoms with E-state index in [0.717, 1.165) is 22.3 Å². The van der Waals surface area contributed by atoms with Crippen LogP contribution in [0.5, 0.6) is 0 Å². The molecule has 5 nitrogen and oxygen atoms in total. The molecule has 0 aliphatic rings. The molecular weight excluding hydrogens is 396 g/mol. The minimum absolute atomic E-state index is 0.251. The summed E-state index contributed by atoms with van der Waals surface area (Å²) in [6.45, 7) is 8.20. The number of nitrogens with one attached hydrogen (secondary N) is 1. The predicted molar refractivity (Wildman–Crippen MR) is 122 cm³/mol. The second kappa shape index (κ2) is 7.92. The van der Waals surface area contributed by atoms with Crippen LogP contribution in [0.15, 0.2) is 54.6 Å². The standard InChI is InChI=1S/C24H23ClN4O/c1-14(2)17-6-8-18(9-7-17)29-27-22-12-16(4)21(13-23(22)28-29)26-24(30)19-10-5-15(3)11-20(19)25/h5-14H,1-4H3,(H,26,30). The molecule has 3 aromatic carbocycles. The number of carbonyl (C=O) groups is 1. The molecule has 1 aromatic heterocycles. The van der Waals surface area contributed by atoms with Gasteiger partial charge in [-0.3, -0.25) is 4.79 Å². The van der Waals surface area contributed by atoms with Gasteiger partial charge in [-0.25, -0.2) is 0 Å². The molecule has 0 atom stereocenters. The van der Waals surface area contributed by atoms with Crippen molar-refractivity contribution < 1.29 is 4.79 Å². The maximum Gasteiger partial charge on any atom is 0.257 e. The van der Waals surface area contributed by atoms with Gasteiger partial charge in [-0.2, -0.15) is 4.80 Å². The van der Waals surface area contributed by atoms with Gasteiger partial charge in [0.15, 0.2) is 0 Å². The number of hydrogen-bond donors (Lipinski definition) is 1. The first-order valence-electron chi connectivity index (χ1n) is 9.87. The van der Waals surface area contributed by atoms with E-state index in [1.54, 1.807) is 16.9 Å². The second-order valence-corrected chi connectivity index (χ2v) is 8.24. The van der Waals surface area contributed by atoms with Crippen LogP contribution in [-0.2, 0) is 0 Å². The molecule has 1 amide bonds. The number of fused-ring (bicyclic) bond motifs is 1. The average molecular weight is 419 g/mol. The fraction of sp³-hybridized carbons (Fsp3) is 0.208. The molecule has 0 unspecified atom stereocenters. The second-order valence-electron chi connectivity index (χ2n) is 7.83. The largest absolute Gasteiger partial charge is 0.322 e. The lowest BCUT2D eigenvalue weighted by Crippen LogP contribution is -2.13. The summed E-state index contributed by atoms with van der Waals surface area (Å²) in [7, 11) is 0. The molecule has 0 aliphatic carbocycles. The van der Waals surface area contributed by atoms with Crippen LogP contribution in [0.2, 0.25) is 5.02 Å². The topological polar surface area (TPSA) is 59.8 Å². The smallest absolute Gasteiger partial charge is 0.257 e. The van der Waals surface area contributed by atoms with E-state index in [1.165, 1.54) is 5.56 Å². The number of aryl methyl sites for hydroxylation is 2. The van der Waals surface area contributed by atoms with Gasteiger partial charge in [-0.1, -0.05) is 43.6 Å². The summed E-state index contributed by atoms with van der Waals surface area (Å²) in [6.07, 6.45) is 0. The van der Waals surface area contributed by atoms with Gasteiger partial charge in [0, 0.05) is 5.69 Å². The lowest BCUT2D eigenvalue weighted by molar-refractivity contribution is 0.102. The number of rotatable bonds is 4. The van der Waals surface area contributed by atoms with E-state index in [9.17, 15) is 4.79 Å². The first kappa shape index (κ1) is 20.1. The highest BCUT2D eigenvalue weighted by molar-refractivity contribution is 6.34. The number of amides is 1. The van der Waals surface area contributed by atoms with E-state index in [4.69, 9.17) is 11.6 Å². The van der Waals surface area contributed by atoms with Gasteiger partial charge >= 0.3 is 0 Å². The quantitative estimate of drug-likeness (QED) is 0.437. The lowest BCUT2D eigenvalue weighted by atomic mass is 10.0. The van der Waals surface area contributed by atoms with Crippen LogP contribution in [0.1, 0.15) is 46.8 Å². The van der Waals surface area contributed by atoms with E-state index in [2.05, 4.69) is 41.5 Å². The van der Waals surface area contributed by atoms with Gasteiger partial charge in [0.2, 0.25) is 0 Å². The summed E-state index contributed by atoms with van der Waals surface area (Å²) in [6, 6.07) is 17.4. The molecule has 4 aromatic rings. The van der Waals surface area contributed by atoms with Crippen LogP contribution in [0.4, 0.5) is 5.69 Å². The van der Waals surface area contributed by atoms with Crippen molar-refractivity contribution in [2.24, 2.45) is 0 Å². The van der Waals surface area contributed by atoms with Gasteiger partial charge in [0.1, 0.15) is 11.0 Å². The Morgan fingerprint density at radius 3 is 2.27 bits per heavy atom. The van der Waals surface area contributed by atoms with Crippen LogP contribution in [0.3, 0.4) is 0 Å². The molecular formula is C24H23ClN4O. The number of halogens is 1. The first-order chi connectivity index (χ1) is 14.3. The summed E-state index contributed by atoms with van der Waals surface area (Å²) in [5, 5.41) is 12.6. The van der Waals surface area contributed by atoms with Gasteiger partial charge in [0.25, 0.3) is 5.91 Å². The van der Waals surface area contributed by atoms with Crippen molar-refractivity contribution in [1.29, 1.82) is 0 Å². The SMILES string of the molecule is Cc1ccc(C(=O)Nc2cc3nn(-c4ccc(C(C)C)cc4)nc3cc2C)c(Cl)c1. The zero-order chi connectivity index (χ0) is 21.4. The van der Waals surface area contributed by atoms with Crippen LogP contribution in [-0.4, -0.2) is 20.9 Å². The third-order valence-electron chi connectivity index (χ3n) is 5.13. The molecule has 4 rings (SSSR count). The summed E-state index contributed by atoms with van der Waals surface area (Å²) >= 11 is 6.24. The summed E-state index contributed by atoms with van der Waals surface area (Å²) < 4.78 is 0. The Balaban J connectivity index is 1.64. The molecule has 0 fully saturated rings. The molecule has 0 saturated heterocycles. The van der Waals surface area contributed by atoms with Crippen molar-refractivity contribution in [2.45, 2.75) is 33.6 Å². The number of aromatic nitrogens is 3. The number of nitrogens with zero attached hydrogens (tertiary/aromatic N) is 3. The summed E-state index contributed by atoms with van der Waals surface area (Å²) in [4.78, 5) is 14.3. The molecule has 30 heavy (non-hydrogen) atoms. The summed E-state index contributed by atoms with van der Waals surface area (Å²) in [5.74, 6) is 0.221. The van der Waals surface area contributed by atoms with E-state index < -0.39 is 0 Å². The van der Waals surface area contributed by atoms with Crippen molar-refractivity contribution in [2.75, 3.05) is 5.32 Å². The van der Waals surface area contributed by atoms with Crippen LogP contribution in [0.25, 0.3) is 16.7 Å². The predicted octanol–water partition coefficient (Wildman–Crippen LogP) is 6.07. The van der Waals surface area contributed by atoms with Crippen LogP contribution >= 0.6 is 11.6 Å². The van der Waals surface area contributed by atoms with Gasteiger partial charge in [-0.15, -0.1) is 10.2 Å². The van der Waals surface area contributed by atoms with Crippen LogP contribution in [0, 0.1) is 13.8 Å². The van der Waals surface area contributed by atoms with Crippen molar-refractivity contribution in [3.05, 3.63) is 81.9 Å². The molecule has 0 aliphatic heterocycles. The number of hydrogen-bond acceptors (Lipinski definition) is 3. The van der Waals surface area contributed by atoms with E-state index in [0.29, 0.717) is 27.7 Å². The normalized spacial score (nSPS) is 11.3. The number of carbonyl (C=O) groups excluding carboxylic acids is 1. The third-order valence-corrected chi connectivity index (χ3v) is 5.45. The fourth-order valence-electron chi connectivity index (χ4n) is 3.30. The monoisotopic (exact) mass is 418 g/mol. The lowest BCUT2D eigenvalue weighted by Gasteiger charge is -2.09. The minimum Gasteiger partial charge on any atom is -0.322 e. The maximum atomic E-state index is 12.7. The molecule has 0 radical (unpaired) electrons. The Hall–Kier alpha value is -3.18. The zero-order valence-corrected chi connectivity index (χ0v) is 18.2. The van der Waals surface area contributed by atoms with Gasteiger partial charge in [0.05, 0.1) is 16.3 Å². The average Bonchev–Trinajstić information content (AvgIpc) is 3.11. The van der Waals surface area contributed by atoms with Gasteiger partial charge in [-0.05, 0) is 72.9 Å². The van der Waals surface area contributed by atoms with Crippen molar-refractivity contribution in [1.82, 2.24) is 15.0 Å². The summed E-state index contributed by atoms with van der Waals surface area (Å²) in [5.41, 5.74) is 6.68. The Morgan fingerprint density at radius 2 is 1.63 bits per heavy atom. The van der Waals surface area contributed by atoms with Crippen LogP contribution < -0.4 is 5.32 Å². The highest BCUT2D eigenvalue weighted by Crippen LogP contribution is 2.25. The molecule has 152 valence electrons. The Bertz CT molecular complexity index is 1240. The zero-order valence-electron chi connectivity index (χ0n) is 17.4. The highest BCUT2D eigenvalue weighted by Gasteiger charge is 2.14. The molecule has 1 N–H and O–H groups in total. The van der Waals surface area contributed by atoms with Gasteiger partial charge < -0.3 is 5.32 Å². The molecule has 0 bridgehead atoms. The first-order valence-corrected chi connectivity index (χ1v) is 10.2. The van der Waals surface area contributed by atoms with E-state index in [-0.39, 0.29) is 5.91 Å². The Morgan fingerprint density at radius 1 is 0.967 bits per heavy atom. The molecule has 0 spiro atoms.